The summed E-state index contributed by atoms with van der Waals surface area (Å²) in [6, 6.07) is 4.53. The first kappa shape index (κ1) is 15.5. The lowest BCUT2D eigenvalue weighted by Gasteiger charge is -2.33. The van der Waals surface area contributed by atoms with Crippen molar-refractivity contribution < 1.29 is 14.7 Å². The number of carboxylic acid groups (broad SMARTS) is 1. The third-order valence-corrected chi connectivity index (χ3v) is 4.83. The lowest BCUT2D eigenvalue weighted by Crippen LogP contribution is -2.56. The summed E-state index contributed by atoms with van der Waals surface area (Å²) in [5.74, 6) is -0.109. The number of amides is 1. The molecule has 4 nitrogen and oxygen atoms in total. The molecule has 0 spiro atoms. The summed E-state index contributed by atoms with van der Waals surface area (Å²) in [4.78, 5) is 23.8. The molecule has 2 N–H and O–H groups in total. The minimum atomic E-state index is -1.21. The Morgan fingerprint density at radius 3 is 2.50 bits per heavy atom. The van der Waals surface area contributed by atoms with Crippen LogP contribution >= 0.6 is 35.0 Å². The number of hydrogen-bond donors (Lipinski definition) is 2. The van der Waals surface area contributed by atoms with E-state index in [4.69, 9.17) is 23.2 Å². The maximum Gasteiger partial charge on any atom is 0.329 e. The summed E-state index contributed by atoms with van der Waals surface area (Å²) in [7, 11) is 0. The molecule has 2 rings (SSSR count). The van der Waals surface area contributed by atoms with Crippen LogP contribution in [0.1, 0.15) is 23.2 Å². The molecule has 0 aromatic heterocycles. The maximum absolute atomic E-state index is 12.3. The van der Waals surface area contributed by atoms with Crippen molar-refractivity contribution in [1.29, 1.82) is 0 Å². The average molecular weight is 334 g/mol. The number of halogens is 2. The first-order chi connectivity index (χ1) is 9.44. The smallest absolute Gasteiger partial charge is 0.329 e. The quantitative estimate of drug-likeness (QED) is 0.892. The zero-order chi connectivity index (χ0) is 14.8. The van der Waals surface area contributed by atoms with E-state index in [0.717, 1.165) is 0 Å². The molecule has 1 saturated heterocycles. The minimum absolute atomic E-state index is 0.193. The first-order valence-corrected chi connectivity index (χ1v) is 7.94. The number of carboxylic acids is 1. The van der Waals surface area contributed by atoms with Crippen molar-refractivity contribution in [3.63, 3.8) is 0 Å². The second-order valence-electron chi connectivity index (χ2n) is 4.58. The van der Waals surface area contributed by atoms with Crippen LogP contribution in [0.15, 0.2) is 18.2 Å². The number of hydrogen-bond acceptors (Lipinski definition) is 3. The highest BCUT2D eigenvalue weighted by atomic mass is 35.5. The zero-order valence-electron chi connectivity index (χ0n) is 10.5. The van der Waals surface area contributed by atoms with E-state index < -0.39 is 17.4 Å². The van der Waals surface area contributed by atoms with Crippen LogP contribution in [0.2, 0.25) is 10.0 Å². The van der Waals surface area contributed by atoms with Crippen LogP contribution in [0.3, 0.4) is 0 Å². The zero-order valence-corrected chi connectivity index (χ0v) is 12.8. The molecule has 1 fully saturated rings. The second-order valence-corrected chi connectivity index (χ2v) is 6.65. The van der Waals surface area contributed by atoms with Gasteiger partial charge < -0.3 is 10.4 Å². The van der Waals surface area contributed by atoms with E-state index in [0.29, 0.717) is 29.4 Å². The Bertz CT molecular complexity index is 544. The monoisotopic (exact) mass is 333 g/mol. The van der Waals surface area contributed by atoms with Gasteiger partial charge in [-0.25, -0.2) is 4.79 Å². The highest BCUT2D eigenvalue weighted by Crippen LogP contribution is 2.29. The Morgan fingerprint density at radius 2 is 1.90 bits per heavy atom. The fourth-order valence-electron chi connectivity index (χ4n) is 2.07. The van der Waals surface area contributed by atoms with Gasteiger partial charge in [-0.05, 0) is 42.5 Å². The fraction of sp³-hybridized carbons (Fsp3) is 0.385. The molecular weight excluding hydrogens is 321 g/mol. The lowest BCUT2D eigenvalue weighted by molar-refractivity contribution is -0.144. The van der Waals surface area contributed by atoms with Crippen LogP contribution in [-0.2, 0) is 4.79 Å². The van der Waals surface area contributed by atoms with Gasteiger partial charge in [-0.2, -0.15) is 11.8 Å². The molecule has 1 aliphatic heterocycles. The third-order valence-electron chi connectivity index (χ3n) is 3.28. The lowest BCUT2D eigenvalue weighted by atomic mass is 9.92. The van der Waals surface area contributed by atoms with E-state index in [9.17, 15) is 14.7 Å². The van der Waals surface area contributed by atoms with Crippen molar-refractivity contribution in [1.82, 2.24) is 5.32 Å². The van der Waals surface area contributed by atoms with Crippen LogP contribution in [0.5, 0.6) is 0 Å². The summed E-state index contributed by atoms with van der Waals surface area (Å²) in [6.07, 6.45) is 0.799. The third kappa shape index (κ3) is 3.22. The van der Waals surface area contributed by atoms with E-state index in [-0.39, 0.29) is 10.6 Å². The first-order valence-electron chi connectivity index (χ1n) is 6.03. The minimum Gasteiger partial charge on any atom is -0.480 e. The Hall–Kier alpha value is -0.910. The molecule has 0 bridgehead atoms. The summed E-state index contributed by atoms with van der Waals surface area (Å²) in [6.45, 7) is 0. The molecule has 108 valence electrons. The number of thioether (sulfide) groups is 1. The fourth-order valence-corrected chi connectivity index (χ4v) is 3.63. The summed E-state index contributed by atoms with van der Waals surface area (Å²) < 4.78 is 0. The van der Waals surface area contributed by atoms with Crippen molar-refractivity contribution in [3.8, 4) is 0 Å². The van der Waals surface area contributed by atoms with Gasteiger partial charge in [0.05, 0.1) is 10.6 Å². The normalized spacial score (nSPS) is 17.5. The van der Waals surface area contributed by atoms with Crippen molar-refractivity contribution in [2.24, 2.45) is 0 Å². The van der Waals surface area contributed by atoms with Crippen LogP contribution in [-0.4, -0.2) is 34.0 Å². The van der Waals surface area contributed by atoms with E-state index >= 15 is 0 Å². The number of nitrogens with one attached hydrogen (secondary N) is 1. The predicted molar refractivity (Wildman–Crippen MR) is 80.9 cm³/mol. The van der Waals surface area contributed by atoms with Gasteiger partial charge >= 0.3 is 5.97 Å². The molecule has 1 heterocycles. The second kappa shape index (κ2) is 6.24. The van der Waals surface area contributed by atoms with Gasteiger partial charge in [-0.3, -0.25) is 4.79 Å². The Balaban J connectivity index is 2.24. The van der Waals surface area contributed by atoms with Crippen molar-refractivity contribution in [2.45, 2.75) is 18.4 Å². The molecule has 0 radical (unpaired) electrons. The van der Waals surface area contributed by atoms with Gasteiger partial charge in [0.15, 0.2) is 0 Å². The van der Waals surface area contributed by atoms with E-state index in [1.54, 1.807) is 17.8 Å². The van der Waals surface area contributed by atoms with Gasteiger partial charge in [0, 0.05) is 5.02 Å². The van der Waals surface area contributed by atoms with Crippen molar-refractivity contribution in [2.75, 3.05) is 11.5 Å². The largest absolute Gasteiger partial charge is 0.480 e. The molecule has 1 amide bonds. The Kier molecular flexibility index (Phi) is 4.83. The SMILES string of the molecule is O=C(NC1(C(=O)O)CCSCC1)c1cc(Cl)ccc1Cl. The van der Waals surface area contributed by atoms with E-state index in [1.165, 1.54) is 12.1 Å². The predicted octanol–water partition coefficient (Wildman–Crippen LogP) is 3.07. The number of benzene rings is 1. The molecule has 1 aromatic rings. The summed E-state index contributed by atoms with van der Waals surface area (Å²) in [5, 5.41) is 12.7. The molecule has 0 unspecified atom stereocenters. The molecule has 20 heavy (non-hydrogen) atoms. The summed E-state index contributed by atoms with van der Waals surface area (Å²) in [5.41, 5.74) is -1.02. The highest BCUT2D eigenvalue weighted by molar-refractivity contribution is 7.99. The molecule has 7 heteroatoms. The molecule has 0 saturated carbocycles. The Morgan fingerprint density at radius 1 is 1.25 bits per heavy atom. The molecule has 1 aromatic carbocycles. The van der Waals surface area contributed by atoms with Crippen molar-refractivity contribution >= 4 is 46.8 Å². The van der Waals surface area contributed by atoms with Gasteiger partial charge in [0.25, 0.3) is 5.91 Å². The molecule has 0 atom stereocenters. The number of rotatable bonds is 3. The Labute approximate surface area is 130 Å². The number of carbonyl (C=O) groups excluding carboxylic acids is 1. The maximum atomic E-state index is 12.3. The van der Waals surface area contributed by atoms with Crippen LogP contribution in [0.25, 0.3) is 0 Å². The average Bonchev–Trinajstić information content (AvgIpc) is 2.42. The van der Waals surface area contributed by atoms with Crippen LogP contribution in [0.4, 0.5) is 0 Å². The number of carbonyl (C=O) groups is 2. The highest BCUT2D eigenvalue weighted by Gasteiger charge is 2.41. The molecule has 0 aliphatic carbocycles. The topological polar surface area (TPSA) is 66.4 Å². The van der Waals surface area contributed by atoms with Gasteiger partial charge in [0.1, 0.15) is 5.54 Å². The van der Waals surface area contributed by atoms with Crippen LogP contribution < -0.4 is 5.32 Å². The van der Waals surface area contributed by atoms with E-state index in [2.05, 4.69) is 5.32 Å². The van der Waals surface area contributed by atoms with Gasteiger partial charge in [-0.15, -0.1) is 0 Å². The van der Waals surface area contributed by atoms with Gasteiger partial charge in [0.2, 0.25) is 0 Å². The van der Waals surface area contributed by atoms with Gasteiger partial charge in [-0.1, -0.05) is 23.2 Å². The number of aliphatic carboxylic acids is 1. The van der Waals surface area contributed by atoms with Crippen molar-refractivity contribution in [3.05, 3.63) is 33.8 Å². The molecular formula is C13H13Cl2NO3S. The standard InChI is InChI=1S/C13H13Cl2NO3S/c14-8-1-2-10(15)9(7-8)11(17)16-13(12(18)19)3-5-20-6-4-13/h1-2,7H,3-6H2,(H,16,17)(H,18,19). The molecule has 1 aliphatic rings. The van der Waals surface area contributed by atoms with E-state index in [1.807, 2.05) is 0 Å². The van der Waals surface area contributed by atoms with Crippen LogP contribution in [0, 0.1) is 0 Å². The summed E-state index contributed by atoms with van der Waals surface area (Å²) >= 11 is 13.5.